The van der Waals surface area contributed by atoms with Gasteiger partial charge in [0, 0.05) is 11.6 Å². The van der Waals surface area contributed by atoms with Crippen molar-refractivity contribution in [1.29, 1.82) is 0 Å². The molecule has 132 valence electrons. The highest BCUT2D eigenvalue weighted by atomic mass is 32.2. The first-order chi connectivity index (χ1) is 12.7. The number of benzene rings is 2. The van der Waals surface area contributed by atoms with Crippen molar-refractivity contribution in [3.63, 3.8) is 0 Å². The summed E-state index contributed by atoms with van der Waals surface area (Å²) >= 11 is 0.919. The number of methoxy groups -OCH3 is 1. The predicted molar refractivity (Wildman–Crippen MR) is 97.1 cm³/mol. The highest BCUT2D eigenvalue weighted by Crippen LogP contribution is 2.41. The molecule has 0 aliphatic carbocycles. The number of carbonyl (C=O) groups is 2. The van der Waals surface area contributed by atoms with Crippen LogP contribution >= 0.6 is 11.8 Å². The van der Waals surface area contributed by atoms with Crippen molar-refractivity contribution >= 4 is 29.0 Å². The molecule has 0 unspecified atom stereocenters. The summed E-state index contributed by atoms with van der Waals surface area (Å²) in [7, 11) is 1.54. The molecule has 1 fully saturated rings. The van der Waals surface area contributed by atoms with E-state index in [4.69, 9.17) is 14.2 Å². The van der Waals surface area contributed by atoms with E-state index in [1.54, 1.807) is 18.2 Å². The van der Waals surface area contributed by atoms with Crippen molar-refractivity contribution in [3.8, 4) is 17.2 Å². The maximum absolute atomic E-state index is 12.7. The number of thioether (sulfide) groups is 1. The minimum atomic E-state index is -0.316. The Balaban J connectivity index is 1.62. The molecule has 2 aliphatic rings. The number of ether oxygens (including phenoxy) is 3. The summed E-state index contributed by atoms with van der Waals surface area (Å²) in [5.41, 5.74) is 1.55. The van der Waals surface area contributed by atoms with Gasteiger partial charge in [-0.25, -0.2) is 0 Å². The molecule has 6 nitrogen and oxygen atoms in total. The number of fused-ring (bicyclic) bond motifs is 1. The van der Waals surface area contributed by atoms with Gasteiger partial charge in [0.25, 0.3) is 11.1 Å². The predicted octanol–water partition coefficient (Wildman–Crippen LogP) is 3.66. The molecule has 2 amide bonds. The molecule has 0 radical (unpaired) electrons. The normalized spacial score (nSPS) is 17.3. The first kappa shape index (κ1) is 16.5. The number of nitrogens with zero attached hydrogens (tertiary/aromatic N) is 1. The van der Waals surface area contributed by atoms with Gasteiger partial charge in [-0.15, -0.1) is 0 Å². The van der Waals surface area contributed by atoms with Gasteiger partial charge in [0.05, 0.1) is 18.6 Å². The van der Waals surface area contributed by atoms with E-state index in [0.29, 0.717) is 27.7 Å². The van der Waals surface area contributed by atoms with Gasteiger partial charge < -0.3 is 14.2 Å². The van der Waals surface area contributed by atoms with Crippen molar-refractivity contribution in [2.24, 2.45) is 0 Å². The molecule has 0 spiro atoms. The van der Waals surface area contributed by atoms with Crippen LogP contribution in [0.2, 0.25) is 0 Å². The number of hydrogen-bond acceptors (Lipinski definition) is 6. The van der Waals surface area contributed by atoms with E-state index in [9.17, 15) is 9.59 Å². The van der Waals surface area contributed by atoms with Crippen LogP contribution in [0.5, 0.6) is 17.2 Å². The molecule has 2 aromatic rings. The zero-order valence-corrected chi connectivity index (χ0v) is 14.7. The molecule has 26 heavy (non-hydrogen) atoms. The Morgan fingerprint density at radius 1 is 1.15 bits per heavy atom. The SMILES string of the molecule is COc1cc2c(cc1/C=C1\SC(=O)N(Cc3ccccc3)C1=O)OCO2. The van der Waals surface area contributed by atoms with Gasteiger partial charge >= 0.3 is 0 Å². The number of amides is 2. The number of rotatable bonds is 4. The standard InChI is InChI=1S/C19H15NO5S/c1-23-14-9-16-15(24-11-25-16)7-13(14)8-17-18(21)20(19(22)26-17)10-12-5-3-2-4-6-12/h2-9H,10-11H2,1H3/b17-8-. The Morgan fingerprint density at radius 2 is 1.88 bits per heavy atom. The molecule has 0 N–H and O–H groups in total. The topological polar surface area (TPSA) is 65.1 Å². The van der Waals surface area contributed by atoms with Crippen LogP contribution in [0, 0.1) is 0 Å². The molecule has 2 aliphatic heterocycles. The van der Waals surface area contributed by atoms with Crippen molar-refractivity contribution in [2.75, 3.05) is 13.9 Å². The van der Waals surface area contributed by atoms with Gasteiger partial charge in [-0.1, -0.05) is 30.3 Å². The molecule has 0 saturated carbocycles. The summed E-state index contributed by atoms with van der Waals surface area (Å²) in [4.78, 5) is 26.6. The molecule has 0 aromatic heterocycles. The fraction of sp³-hybridized carbons (Fsp3) is 0.158. The summed E-state index contributed by atoms with van der Waals surface area (Å²) in [6.07, 6.45) is 1.65. The summed E-state index contributed by atoms with van der Waals surface area (Å²) < 4.78 is 16.1. The second-order valence-electron chi connectivity index (χ2n) is 5.70. The molecule has 1 saturated heterocycles. The Hall–Kier alpha value is -2.93. The Bertz CT molecular complexity index is 910. The van der Waals surface area contributed by atoms with Gasteiger partial charge in [0.2, 0.25) is 6.79 Å². The van der Waals surface area contributed by atoms with Gasteiger partial charge in [-0.2, -0.15) is 0 Å². The van der Waals surface area contributed by atoms with Crippen LogP contribution in [0.15, 0.2) is 47.4 Å². The number of carbonyl (C=O) groups excluding carboxylic acids is 2. The molecule has 2 heterocycles. The quantitative estimate of drug-likeness (QED) is 0.767. The van der Waals surface area contributed by atoms with Crippen LogP contribution in [0.1, 0.15) is 11.1 Å². The summed E-state index contributed by atoms with van der Waals surface area (Å²) in [5.74, 6) is 1.41. The summed E-state index contributed by atoms with van der Waals surface area (Å²) in [6, 6.07) is 12.9. The van der Waals surface area contributed by atoms with Crippen molar-refractivity contribution in [3.05, 3.63) is 58.5 Å². The van der Waals surface area contributed by atoms with E-state index >= 15 is 0 Å². The van der Waals surface area contributed by atoms with Crippen LogP contribution < -0.4 is 14.2 Å². The average molecular weight is 369 g/mol. The zero-order valence-electron chi connectivity index (χ0n) is 13.9. The van der Waals surface area contributed by atoms with E-state index in [1.807, 2.05) is 30.3 Å². The zero-order chi connectivity index (χ0) is 18.1. The largest absolute Gasteiger partial charge is 0.496 e. The smallest absolute Gasteiger partial charge is 0.293 e. The lowest BCUT2D eigenvalue weighted by molar-refractivity contribution is -0.123. The number of imide groups is 1. The van der Waals surface area contributed by atoms with Crippen LogP contribution in [-0.2, 0) is 11.3 Å². The highest BCUT2D eigenvalue weighted by molar-refractivity contribution is 8.18. The van der Waals surface area contributed by atoms with Crippen molar-refractivity contribution in [1.82, 2.24) is 4.90 Å². The van der Waals surface area contributed by atoms with E-state index < -0.39 is 0 Å². The van der Waals surface area contributed by atoms with E-state index in [-0.39, 0.29) is 24.5 Å². The van der Waals surface area contributed by atoms with Gasteiger partial charge in [0.1, 0.15) is 5.75 Å². The van der Waals surface area contributed by atoms with Gasteiger partial charge in [0.15, 0.2) is 11.5 Å². The maximum atomic E-state index is 12.7. The molecule has 2 aromatic carbocycles. The van der Waals surface area contributed by atoms with E-state index in [0.717, 1.165) is 17.3 Å². The minimum Gasteiger partial charge on any atom is -0.496 e. The van der Waals surface area contributed by atoms with Crippen molar-refractivity contribution < 1.29 is 23.8 Å². The average Bonchev–Trinajstić information content (AvgIpc) is 3.21. The third-order valence-electron chi connectivity index (χ3n) is 4.07. The fourth-order valence-corrected chi connectivity index (χ4v) is 3.60. The molecular formula is C19H15NO5S. The van der Waals surface area contributed by atoms with E-state index in [1.165, 1.54) is 12.0 Å². The van der Waals surface area contributed by atoms with Gasteiger partial charge in [-0.3, -0.25) is 14.5 Å². The molecular weight excluding hydrogens is 354 g/mol. The first-order valence-corrected chi connectivity index (χ1v) is 8.74. The van der Waals surface area contributed by atoms with Crippen molar-refractivity contribution in [2.45, 2.75) is 6.54 Å². The van der Waals surface area contributed by atoms with Gasteiger partial charge in [-0.05, 0) is 29.5 Å². The third-order valence-corrected chi connectivity index (χ3v) is 4.98. The molecule has 0 bridgehead atoms. The van der Waals surface area contributed by atoms with Crippen LogP contribution in [0.3, 0.4) is 0 Å². The van der Waals surface area contributed by atoms with E-state index in [2.05, 4.69) is 0 Å². The lowest BCUT2D eigenvalue weighted by atomic mass is 10.1. The first-order valence-electron chi connectivity index (χ1n) is 7.92. The lowest BCUT2D eigenvalue weighted by Crippen LogP contribution is -2.27. The third kappa shape index (κ3) is 3.01. The second kappa shape index (κ2) is 6.76. The van der Waals surface area contributed by atoms with Crippen LogP contribution in [0.25, 0.3) is 6.08 Å². The molecule has 7 heteroatoms. The monoisotopic (exact) mass is 369 g/mol. The summed E-state index contributed by atoms with van der Waals surface area (Å²) in [5, 5.41) is -0.287. The van der Waals surface area contributed by atoms with Crippen LogP contribution in [0.4, 0.5) is 4.79 Å². The summed E-state index contributed by atoms with van der Waals surface area (Å²) in [6.45, 7) is 0.399. The minimum absolute atomic E-state index is 0.148. The maximum Gasteiger partial charge on any atom is 0.293 e. The Kier molecular flexibility index (Phi) is 4.30. The van der Waals surface area contributed by atoms with Crippen LogP contribution in [-0.4, -0.2) is 29.9 Å². The number of hydrogen-bond donors (Lipinski definition) is 0. The lowest BCUT2D eigenvalue weighted by Gasteiger charge is -2.12. The Morgan fingerprint density at radius 3 is 2.62 bits per heavy atom. The second-order valence-corrected chi connectivity index (χ2v) is 6.69. The molecule has 4 rings (SSSR count). The molecule has 0 atom stereocenters. The highest BCUT2D eigenvalue weighted by Gasteiger charge is 2.35. The Labute approximate surface area is 154 Å². The fourth-order valence-electron chi connectivity index (χ4n) is 2.77.